The first-order chi connectivity index (χ1) is 14.6. The lowest BCUT2D eigenvalue weighted by Crippen LogP contribution is -2.51. The van der Waals surface area contributed by atoms with E-state index in [1.165, 1.54) is 0 Å². The van der Waals surface area contributed by atoms with Gasteiger partial charge in [-0.1, -0.05) is 30.3 Å². The third-order valence-corrected chi connectivity index (χ3v) is 5.31. The monoisotopic (exact) mass is 406 g/mol. The molecule has 8 heteroatoms. The number of carbonyl (C=O) groups is 2. The number of benzene rings is 2. The molecule has 2 heterocycles. The number of carbonyl (C=O) groups excluding carboxylic acids is 2. The lowest BCUT2D eigenvalue weighted by atomic mass is 10.1. The van der Waals surface area contributed by atoms with Crippen molar-refractivity contribution in [1.29, 1.82) is 0 Å². The number of methoxy groups -OCH3 is 1. The van der Waals surface area contributed by atoms with Gasteiger partial charge in [0.2, 0.25) is 5.91 Å². The highest BCUT2D eigenvalue weighted by Crippen LogP contribution is 2.17. The predicted molar refractivity (Wildman–Crippen MR) is 112 cm³/mol. The molecule has 0 radical (unpaired) electrons. The van der Waals surface area contributed by atoms with E-state index in [1.54, 1.807) is 41.2 Å². The fourth-order valence-electron chi connectivity index (χ4n) is 3.66. The molecule has 8 nitrogen and oxygen atoms in total. The summed E-state index contributed by atoms with van der Waals surface area (Å²) in [6.45, 7) is 1.74. The van der Waals surface area contributed by atoms with E-state index in [0.29, 0.717) is 37.0 Å². The van der Waals surface area contributed by atoms with Crippen molar-refractivity contribution >= 4 is 22.6 Å². The Balaban J connectivity index is 1.42. The number of aromatic nitrogens is 2. The van der Waals surface area contributed by atoms with Gasteiger partial charge in [0.15, 0.2) is 5.69 Å². The van der Waals surface area contributed by atoms with E-state index in [1.807, 2.05) is 24.3 Å². The normalized spacial score (nSPS) is 14.0. The molecule has 4 rings (SSSR count). The van der Waals surface area contributed by atoms with Crippen LogP contribution in [0.15, 0.2) is 53.3 Å². The van der Waals surface area contributed by atoms with E-state index in [0.717, 1.165) is 11.3 Å². The van der Waals surface area contributed by atoms with Crippen molar-refractivity contribution in [3.63, 3.8) is 0 Å². The van der Waals surface area contributed by atoms with Crippen molar-refractivity contribution in [2.75, 3.05) is 33.3 Å². The van der Waals surface area contributed by atoms with Gasteiger partial charge in [0, 0.05) is 31.6 Å². The van der Waals surface area contributed by atoms with Gasteiger partial charge in [-0.3, -0.25) is 14.4 Å². The van der Waals surface area contributed by atoms with Crippen LogP contribution in [0.4, 0.5) is 0 Å². The maximum Gasteiger partial charge on any atom is 0.275 e. The average molecular weight is 406 g/mol. The van der Waals surface area contributed by atoms with Crippen LogP contribution < -0.4 is 10.3 Å². The van der Waals surface area contributed by atoms with Crippen molar-refractivity contribution in [1.82, 2.24) is 20.0 Å². The Labute approximate surface area is 173 Å². The van der Waals surface area contributed by atoms with E-state index < -0.39 is 0 Å². The molecule has 2 aromatic carbocycles. The van der Waals surface area contributed by atoms with Crippen LogP contribution in [-0.4, -0.2) is 65.1 Å². The van der Waals surface area contributed by atoms with E-state index in [-0.39, 0.29) is 29.5 Å². The molecule has 3 aromatic rings. The number of hydrogen-bond donors (Lipinski definition) is 1. The zero-order valence-corrected chi connectivity index (χ0v) is 16.6. The van der Waals surface area contributed by atoms with Crippen molar-refractivity contribution in [2.24, 2.45) is 0 Å². The SMILES string of the molecule is COc1cccc(CC(=O)N2CCN(C(=O)c3n[nH]c(=O)c4ccccc34)CC2)c1. The quantitative estimate of drug-likeness (QED) is 0.708. The summed E-state index contributed by atoms with van der Waals surface area (Å²) in [6, 6.07) is 14.4. The maximum atomic E-state index is 13.0. The molecule has 0 saturated carbocycles. The molecule has 2 amide bonds. The van der Waals surface area contributed by atoms with Crippen LogP contribution in [0.25, 0.3) is 10.8 Å². The van der Waals surface area contributed by atoms with Gasteiger partial charge >= 0.3 is 0 Å². The fraction of sp³-hybridized carbons (Fsp3) is 0.273. The number of rotatable bonds is 4. The Morgan fingerprint density at radius 3 is 2.43 bits per heavy atom. The molecule has 0 aliphatic carbocycles. The molecular weight excluding hydrogens is 384 g/mol. The second-order valence-corrected chi connectivity index (χ2v) is 7.15. The van der Waals surface area contributed by atoms with Gasteiger partial charge in [-0.05, 0) is 23.8 Å². The standard InChI is InChI=1S/C22H22N4O4/c1-30-16-6-4-5-15(13-16)14-19(27)25-9-11-26(12-10-25)22(29)20-17-7-2-3-8-18(17)21(28)24-23-20/h2-8,13H,9-12,14H2,1H3,(H,24,28). The third-order valence-electron chi connectivity index (χ3n) is 5.31. The van der Waals surface area contributed by atoms with E-state index >= 15 is 0 Å². The van der Waals surface area contributed by atoms with E-state index in [2.05, 4.69) is 10.2 Å². The van der Waals surface area contributed by atoms with Crippen LogP contribution in [0.3, 0.4) is 0 Å². The fourth-order valence-corrected chi connectivity index (χ4v) is 3.66. The number of nitrogens with one attached hydrogen (secondary N) is 1. The molecule has 1 N–H and O–H groups in total. The van der Waals surface area contributed by atoms with Gasteiger partial charge in [-0.2, -0.15) is 5.10 Å². The highest BCUT2D eigenvalue weighted by molar-refractivity contribution is 6.04. The Bertz CT molecular complexity index is 1150. The molecule has 0 unspecified atom stereocenters. The van der Waals surface area contributed by atoms with Gasteiger partial charge in [-0.15, -0.1) is 0 Å². The average Bonchev–Trinajstić information content (AvgIpc) is 2.79. The van der Waals surface area contributed by atoms with Crippen LogP contribution >= 0.6 is 0 Å². The number of H-pyrrole nitrogens is 1. The molecule has 154 valence electrons. The van der Waals surface area contributed by atoms with Crippen LogP contribution in [0.1, 0.15) is 16.1 Å². The second-order valence-electron chi connectivity index (χ2n) is 7.15. The Morgan fingerprint density at radius 2 is 1.70 bits per heavy atom. The van der Waals surface area contributed by atoms with Crippen molar-refractivity contribution in [3.05, 3.63) is 70.1 Å². The van der Waals surface area contributed by atoms with E-state index in [9.17, 15) is 14.4 Å². The molecule has 0 atom stereocenters. The molecule has 0 bridgehead atoms. The van der Waals surface area contributed by atoms with Gasteiger partial charge in [0.05, 0.1) is 18.9 Å². The summed E-state index contributed by atoms with van der Waals surface area (Å²) in [5.74, 6) is 0.488. The molecule has 1 aromatic heterocycles. The Morgan fingerprint density at radius 1 is 1.00 bits per heavy atom. The molecule has 1 fully saturated rings. The first-order valence-corrected chi connectivity index (χ1v) is 9.74. The number of fused-ring (bicyclic) bond motifs is 1. The zero-order valence-electron chi connectivity index (χ0n) is 16.6. The van der Waals surface area contributed by atoms with Crippen molar-refractivity contribution in [2.45, 2.75) is 6.42 Å². The third kappa shape index (κ3) is 3.89. The second kappa shape index (κ2) is 8.36. The summed E-state index contributed by atoms with van der Waals surface area (Å²) in [4.78, 5) is 41.0. The minimum Gasteiger partial charge on any atom is -0.497 e. The van der Waals surface area contributed by atoms with Gasteiger partial charge in [0.25, 0.3) is 11.5 Å². The number of amides is 2. The highest BCUT2D eigenvalue weighted by atomic mass is 16.5. The minimum absolute atomic E-state index is 0.0166. The van der Waals surface area contributed by atoms with Crippen LogP contribution in [0.2, 0.25) is 0 Å². The number of hydrogen-bond acceptors (Lipinski definition) is 5. The van der Waals surface area contributed by atoms with Crippen molar-refractivity contribution in [3.8, 4) is 5.75 Å². The first kappa shape index (κ1) is 19.6. The summed E-state index contributed by atoms with van der Waals surface area (Å²) >= 11 is 0. The Hall–Kier alpha value is -3.68. The number of ether oxygens (including phenoxy) is 1. The molecule has 1 aliphatic rings. The van der Waals surface area contributed by atoms with Gasteiger partial charge in [-0.25, -0.2) is 5.10 Å². The largest absolute Gasteiger partial charge is 0.497 e. The zero-order chi connectivity index (χ0) is 21.1. The molecular formula is C22H22N4O4. The molecule has 1 saturated heterocycles. The first-order valence-electron chi connectivity index (χ1n) is 9.74. The molecule has 1 aliphatic heterocycles. The lowest BCUT2D eigenvalue weighted by molar-refractivity contribution is -0.131. The summed E-state index contributed by atoms with van der Waals surface area (Å²) in [5, 5.41) is 7.35. The van der Waals surface area contributed by atoms with Crippen LogP contribution in [-0.2, 0) is 11.2 Å². The minimum atomic E-state index is -0.324. The topological polar surface area (TPSA) is 95.6 Å². The summed E-state index contributed by atoms with van der Waals surface area (Å²) in [7, 11) is 1.59. The Kier molecular flexibility index (Phi) is 5.47. The lowest BCUT2D eigenvalue weighted by Gasteiger charge is -2.34. The summed E-state index contributed by atoms with van der Waals surface area (Å²) in [6.07, 6.45) is 0.289. The number of piperazine rings is 1. The van der Waals surface area contributed by atoms with Crippen molar-refractivity contribution < 1.29 is 14.3 Å². The van der Waals surface area contributed by atoms with Crippen LogP contribution in [0.5, 0.6) is 5.75 Å². The summed E-state index contributed by atoms with van der Waals surface area (Å²) in [5.41, 5.74) is 0.790. The van der Waals surface area contributed by atoms with Gasteiger partial charge < -0.3 is 14.5 Å². The smallest absolute Gasteiger partial charge is 0.275 e. The molecule has 30 heavy (non-hydrogen) atoms. The maximum absolute atomic E-state index is 13.0. The number of nitrogens with zero attached hydrogens (tertiary/aromatic N) is 3. The molecule has 0 spiro atoms. The highest BCUT2D eigenvalue weighted by Gasteiger charge is 2.27. The predicted octanol–water partition coefficient (Wildman–Crippen LogP) is 1.46. The summed E-state index contributed by atoms with van der Waals surface area (Å²) < 4.78 is 5.21. The number of aromatic amines is 1. The van der Waals surface area contributed by atoms with E-state index in [4.69, 9.17) is 4.74 Å². The van der Waals surface area contributed by atoms with Gasteiger partial charge in [0.1, 0.15) is 5.75 Å². The van der Waals surface area contributed by atoms with Crippen LogP contribution in [0, 0.1) is 0 Å².